The van der Waals surface area contributed by atoms with Gasteiger partial charge in [0.05, 0.1) is 4.92 Å². The highest BCUT2D eigenvalue weighted by molar-refractivity contribution is 5.95. The molecular weight excluding hydrogens is 330 g/mol. The molecule has 0 unspecified atom stereocenters. The van der Waals surface area contributed by atoms with Gasteiger partial charge in [0, 0.05) is 31.3 Å². The van der Waals surface area contributed by atoms with Gasteiger partial charge < -0.3 is 10.2 Å². The largest absolute Gasteiger partial charge is 0.375 e. The number of hydrogen-bond donors (Lipinski definition) is 1. The van der Waals surface area contributed by atoms with Crippen molar-refractivity contribution < 1.29 is 9.72 Å². The van der Waals surface area contributed by atoms with Gasteiger partial charge in [0.1, 0.15) is 5.69 Å². The molecule has 0 atom stereocenters. The molecule has 0 aliphatic carbocycles. The molecule has 3 rings (SSSR count). The normalized spacial score (nSPS) is 14.1. The van der Waals surface area contributed by atoms with Crippen LogP contribution in [-0.4, -0.2) is 28.8 Å². The van der Waals surface area contributed by atoms with Gasteiger partial charge in [-0.1, -0.05) is 29.8 Å². The van der Waals surface area contributed by atoms with E-state index in [1.54, 1.807) is 17.0 Å². The van der Waals surface area contributed by atoms with Crippen LogP contribution in [0, 0.1) is 17.0 Å². The lowest BCUT2D eigenvalue weighted by molar-refractivity contribution is -0.384. The van der Waals surface area contributed by atoms with Crippen LogP contribution >= 0.6 is 0 Å². The highest BCUT2D eigenvalue weighted by Crippen LogP contribution is 2.27. The van der Waals surface area contributed by atoms with Crippen LogP contribution in [0.15, 0.2) is 42.5 Å². The average Bonchev–Trinajstić information content (AvgIpc) is 2.66. The molecule has 1 amide bonds. The van der Waals surface area contributed by atoms with Crippen molar-refractivity contribution in [2.45, 2.75) is 32.7 Å². The predicted molar refractivity (Wildman–Crippen MR) is 101 cm³/mol. The van der Waals surface area contributed by atoms with E-state index in [1.807, 2.05) is 31.2 Å². The Morgan fingerprint density at radius 1 is 1.15 bits per heavy atom. The van der Waals surface area contributed by atoms with Gasteiger partial charge in [0.2, 0.25) is 0 Å². The van der Waals surface area contributed by atoms with Gasteiger partial charge in [-0.2, -0.15) is 0 Å². The van der Waals surface area contributed by atoms with Crippen molar-refractivity contribution in [3.63, 3.8) is 0 Å². The number of anilines is 1. The molecule has 1 aliphatic rings. The number of hydrogen-bond acceptors (Lipinski definition) is 4. The van der Waals surface area contributed by atoms with E-state index in [1.165, 1.54) is 6.07 Å². The predicted octanol–water partition coefficient (Wildman–Crippen LogP) is 4.14. The van der Waals surface area contributed by atoms with Crippen molar-refractivity contribution in [3.8, 4) is 0 Å². The lowest BCUT2D eigenvalue weighted by Gasteiger charge is -2.26. The Morgan fingerprint density at radius 2 is 1.92 bits per heavy atom. The summed E-state index contributed by atoms with van der Waals surface area (Å²) in [6.45, 7) is 3.94. The average molecular weight is 353 g/mol. The van der Waals surface area contributed by atoms with Crippen LogP contribution in [0.4, 0.5) is 11.4 Å². The first-order valence-electron chi connectivity index (χ1n) is 8.92. The van der Waals surface area contributed by atoms with Gasteiger partial charge in [-0.05, 0) is 43.9 Å². The number of likely N-dealkylation sites (tertiary alicyclic amines) is 1. The second kappa shape index (κ2) is 7.99. The Labute approximate surface area is 153 Å². The lowest BCUT2D eigenvalue weighted by Crippen LogP contribution is -2.35. The molecule has 0 aromatic heterocycles. The molecule has 0 bridgehead atoms. The van der Waals surface area contributed by atoms with Crippen molar-refractivity contribution in [3.05, 3.63) is 69.3 Å². The number of rotatable bonds is 5. The van der Waals surface area contributed by atoms with E-state index in [0.29, 0.717) is 17.8 Å². The summed E-state index contributed by atoms with van der Waals surface area (Å²) in [5, 5.41) is 14.6. The molecule has 6 nitrogen and oxygen atoms in total. The molecular formula is C20H23N3O3. The third-order valence-electron chi connectivity index (χ3n) is 4.65. The van der Waals surface area contributed by atoms with Crippen LogP contribution in [0.2, 0.25) is 0 Å². The third-order valence-corrected chi connectivity index (χ3v) is 4.65. The second-order valence-corrected chi connectivity index (χ2v) is 6.68. The van der Waals surface area contributed by atoms with E-state index in [4.69, 9.17) is 0 Å². The Hall–Kier alpha value is -2.89. The molecule has 0 radical (unpaired) electrons. The van der Waals surface area contributed by atoms with Crippen LogP contribution in [0.5, 0.6) is 0 Å². The fourth-order valence-electron chi connectivity index (χ4n) is 3.26. The van der Waals surface area contributed by atoms with Crippen LogP contribution < -0.4 is 5.32 Å². The first kappa shape index (κ1) is 17.9. The molecule has 1 saturated heterocycles. The van der Waals surface area contributed by atoms with Gasteiger partial charge >= 0.3 is 0 Å². The van der Waals surface area contributed by atoms with Crippen molar-refractivity contribution in [2.75, 3.05) is 18.4 Å². The zero-order chi connectivity index (χ0) is 18.5. The summed E-state index contributed by atoms with van der Waals surface area (Å²) in [4.78, 5) is 25.4. The minimum atomic E-state index is -0.439. The van der Waals surface area contributed by atoms with Crippen LogP contribution in [0.1, 0.15) is 40.7 Å². The topological polar surface area (TPSA) is 75.5 Å². The Kier molecular flexibility index (Phi) is 5.51. The van der Waals surface area contributed by atoms with Crippen molar-refractivity contribution in [2.24, 2.45) is 0 Å². The zero-order valence-electron chi connectivity index (χ0n) is 14.9. The number of nitrogens with one attached hydrogen (secondary N) is 1. The van der Waals surface area contributed by atoms with E-state index >= 15 is 0 Å². The molecule has 2 aromatic rings. The number of nitrogens with zero attached hydrogens (tertiary/aromatic N) is 2. The number of nitro benzene ring substituents is 1. The van der Waals surface area contributed by atoms with Crippen molar-refractivity contribution in [1.29, 1.82) is 0 Å². The second-order valence-electron chi connectivity index (χ2n) is 6.68. The fourth-order valence-corrected chi connectivity index (χ4v) is 3.26. The lowest BCUT2D eigenvalue weighted by atomic mass is 10.1. The molecule has 2 aromatic carbocycles. The molecule has 26 heavy (non-hydrogen) atoms. The monoisotopic (exact) mass is 353 g/mol. The van der Waals surface area contributed by atoms with E-state index in [9.17, 15) is 14.9 Å². The van der Waals surface area contributed by atoms with Crippen LogP contribution in [-0.2, 0) is 6.54 Å². The number of carbonyl (C=O) groups excluding carboxylic acids is 1. The summed E-state index contributed by atoms with van der Waals surface area (Å²) in [5.74, 6) is -0.127. The van der Waals surface area contributed by atoms with Crippen LogP contribution in [0.25, 0.3) is 0 Å². The van der Waals surface area contributed by atoms with E-state index in [2.05, 4.69) is 5.32 Å². The standard InChI is InChI=1S/C20H23N3O3/c1-15-6-5-7-16(12-15)14-21-18-9-8-17(13-19(18)23(25)26)20(24)22-10-3-2-4-11-22/h5-9,12-13,21H,2-4,10-11,14H2,1H3. The Balaban J connectivity index is 1.78. The molecule has 0 spiro atoms. The first-order chi connectivity index (χ1) is 12.5. The number of amides is 1. The molecule has 1 heterocycles. The van der Waals surface area contributed by atoms with Gasteiger partial charge in [0.15, 0.2) is 0 Å². The van der Waals surface area contributed by atoms with Gasteiger partial charge in [0.25, 0.3) is 11.6 Å². The van der Waals surface area contributed by atoms with E-state index in [-0.39, 0.29) is 11.6 Å². The SMILES string of the molecule is Cc1cccc(CNc2ccc(C(=O)N3CCCCC3)cc2[N+](=O)[O-])c1. The van der Waals surface area contributed by atoms with Gasteiger partial charge in [-0.15, -0.1) is 0 Å². The number of carbonyl (C=O) groups is 1. The highest BCUT2D eigenvalue weighted by atomic mass is 16.6. The summed E-state index contributed by atoms with van der Waals surface area (Å²) in [6.07, 6.45) is 3.11. The Bertz CT molecular complexity index is 814. The summed E-state index contributed by atoms with van der Waals surface area (Å²) >= 11 is 0. The number of benzene rings is 2. The maximum absolute atomic E-state index is 12.6. The van der Waals surface area contributed by atoms with Crippen molar-refractivity contribution in [1.82, 2.24) is 4.90 Å². The number of nitro groups is 1. The zero-order valence-corrected chi connectivity index (χ0v) is 14.9. The molecule has 1 fully saturated rings. The quantitative estimate of drug-likeness (QED) is 0.647. The van der Waals surface area contributed by atoms with E-state index in [0.717, 1.165) is 43.5 Å². The summed E-state index contributed by atoms with van der Waals surface area (Å²) in [5.41, 5.74) is 2.92. The van der Waals surface area contributed by atoms with E-state index < -0.39 is 4.92 Å². The Morgan fingerprint density at radius 3 is 2.62 bits per heavy atom. The molecule has 6 heteroatoms. The molecule has 136 valence electrons. The van der Waals surface area contributed by atoms with Crippen molar-refractivity contribution >= 4 is 17.3 Å². The fraction of sp³-hybridized carbons (Fsp3) is 0.350. The van der Waals surface area contributed by atoms with Crippen LogP contribution in [0.3, 0.4) is 0 Å². The molecule has 1 aliphatic heterocycles. The molecule has 0 saturated carbocycles. The minimum Gasteiger partial charge on any atom is -0.375 e. The van der Waals surface area contributed by atoms with Gasteiger partial charge in [-0.25, -0.2) is 0 Å². The third kappa shape index (κ3) is 4.20. The molecule has 1 N–H and O–H groups in total. The highest BCUT2D eigenvalue weighted by Gasteiger charge is 2.22. The minimum absolute atomic E-state index is 0.0690. The first-order valence-corrected chi connectivity index (χ1v) is 8.92. The smallest absolute Gasteiger partial charge is 0.293 e. The summed E-state index contributed by atoms with van der Waals surface area (Å²) < 4.78 is 0. The maximum Gasteiger partial charge on any atom is 0.293 e. The summed E-state index contributed by atoms with van der Waals surface area (Å²) in [6, 6.07) is 12.7. The number of piperidine rings is 1. The maximum atomic E-state index is 12.6. The van der Waals surface area contributed by atoms with Gasteiger partial charge in [-0.3, -0.25) is 14.9 Å². The summed E-state index contributed by atoms with van der Waals surface area (Å²) in [7, 11) is 0. The number of aryl methyl sites for hydroxylation is 1.